The summed E-state index contributed by atoms with van der Waals surface area (Å²) in [7, 11) is 1.95. The van der Waals surface area contributed by atoms with Crippen LogP contribution in [0.1, 0.15) is 37.2 Å². The SMILES string of the molecule is CNc1ccc2c(c1)nc(Cc1ccc3c(c1)CCO3)n2CCC(C)C. The highest BCUT2D eigenvalue weighted by molar-refractivity contribution is 5.80. The van der Waals surface area contributed by atoms with Gasteiger partial charge in [0.15, 0.2) is 0 Å². The second-order valence-electron chi connectivity index (χ2n) is 7.53. The lowest BCUT2D eigenvalue weighted by Crippen LogP contribution is -2.07. The molecule has 0 unspecified atom stereocenters. The van der Waals surface area contributed by atoms with Crippen molar-refractivity contribution in [1.29, 1.82) is 0 Å². The van der Waals surface area contributed by atoms with Crippen molar-refractivity contribution < 1.29 is 4.74 Å². The average Bonchev–Trinajstić information content (AvgIpc) is 3.22. The summed E-state index contributed by atoms with van der Waals surface area (Å²) < 4.78 is 8.04. The summed E-state index contributed by atoms with van der Waals surface area (Å²) in [6.45, 7) is 6.37. The van der Waals surface area contributed by atoms with Gasteiger partial charge in [-0.05, 0) is 47.7 Å². The van der Waals surface area contributed by atoms with Crippen LogP contribution in [-0.2, 0) is 19.4 Å². The van der Waals surface area contributed by atoms with Crippen LogP contribution >= 0.6 is 0 Å². The fraction of sp³-hybridized carbons (Fsp3) is 0.409. The van der Waals surface area contributed by atoms with Crippen LogP contribution in [-0.4, -0.2) is 23.2 Å². The molecule has 0 saturated carbocycles. The molecule has 0 spiro atoms. The van der Waals surface area contributed by atoms with Crippen molar-refractivity contribution in [1.82, 2.24) is 9.55 Å². The summed E-state index contributed by atoms with van der Waals surface area (Å²) in [5.74, 6) is 2.86. The lowest BCUT2D eigenvalue weighted by Gasteiger charge is -2.12. The maximum absolute atomic E-state index is 5.64. The Morgan fingerprint density at radius 1 is 1.19 bits per heavy atom. The van der Waals surface area contributed by atoms with Crippen LogP contribution in [0.5, 0.6) is 5.75 Å². The minimum absolute atomic E-state index is 0.675. The maximum Gasteiger partial charge on any atom is 0.122 e. The third kappa shape index (κ3) is 3.28. The van der Waals surface area contributed by atoms with Gasteiger partial charge in [-0.1, -0.05) is 26.0 Å². The topological polar surface area (TPSA) is 39.1 Å². The summed E-state index contributed by atoms with van der Waals surface area (Å²) >= 11 is 0. The van der Waals surface area contributed by atoms with Crippen LogP contribution in [0, 0.1) is 5.92 Å². The molecule has 1 aliphatic rings. The highest BCUT2D eigenvalue weighted by Gasteiger charge is 2.15. The normalized spacial score (nSPS) is 13.2. The molecular formula is C22H27N3O. The van der Waals surface area contributed by atoms with Crippen LogP contribution in [0.25, 0.3) is 11.0 Å². The summed E-state index contributed by atoms with van der Waals surface area (Å²) in [5.41, 5.74) is 6.03. The predicted octanol–water partition coefficient (Wildman–Crippen LogP) is 4.65. The molecule has 4 heteroatoms. The number of hydrogen-bond acceptors (Lipinski definition) is 3. The van der Waals surface area contributed by atoms with Gasteiger partial charge in [-0.2, -0.15) is 0 Å². The van der Waals surface area contributed by atoms with Gasteiger partial charge in [0.2, 0.25) is 0 Å². The van der Waals surface area contributed by atoms with Crippen LogP contribution < -0.4 is 10.1 Å². The molecule has 0 radical (unpaired) electrons. The Morgan fingerprint density at radius 3 is 2.88 bits per heavy atom. The van der Waals surface area contributed by atoms with Crippen molar-refractivity contribution in [2.75, 3.05) is 19.0 Å². The van der Waals surface area contributed by atoms with E-state index in [9.17, 15) is 0 Å². The highest BCUT2D eigenvalue weighted by atomic mass is 16.5. The molecule has 1 aromatic heterocycles. The number of rotatable bonds is 6. The first kappa shape index (κ1) is 17.0. The van der Waals surface area contributed by atoms with Crippen LogP contribution in [0.4, 0.5) is 5.69 Å². The van der Waals surface area contributed by atoms with Gasteiger partial charge in [0.1, 0.15) is 11.6 Å². The van der Waals surface area contributed by atoms with E-state index in [0.717, 1.165) is 55.2 Å². The zero-order chi connectivity index (χ0) is 18.1. The second kappa shape index (κ2) is 7.02. The lowest BCUT2D eigenvalue weighted by atomic mass is 10.1. The molecule has 2 heterocycles. The molecular weight excluding hydrogens is 322 g/mol. The van der Waals surface area contributed by atoms with Crippen molar-refractivity contribution in [3.8, 4) is 5.75 Å². The summed E-state index contributed by atoms with van der Waals surface area (Å²) in [6, 6.07) is 13.0. The van der Waals surface area contributed by atoms with Crippen LogP contribution in [0.2, 0.25) is 0 Å². The quantitative estimate of drug-likeness (QED) is 0.704. The van der Waals surface area contributed by atoms with Crippen molar-refractivity contribution >= 4 is 16.7 Å². The highest BCUT2D eigenvalue weighted by Crippen LogP contribution is 2.28. The zero-order valence-corrected chi connectivity index (χ0v) is 15.9. The molecule has 1 aliphatic heterocycles. The largest absolute Gasteiger partial charge is 0.493 e. The molecule has 0 saturated heterocycles. The van der Waals surface area contributed by atoms with Crippen molar-refractivity contribution in [3.05, 3.63) is 53.3 Å². The van der Waals surface area contributed by atoms with Crippen molar-refractivity contribution in [3.63, 3.8) is 0 Å². The van der Waals surface area contributed by atoms with E-state index >= 15 is 0 Å². The molecule has 0 fully saturated rings. The molecule has 26 heavy (non-hydrogen) atoms. The Labute approximate surface area is 155 Å². The minimum atomic E-state index is 0.675. The van der Waals surface area contributed by atoms with Crippen molar-refractivity contribution in [2.24, 2.45) is 5.92 Å². The Hall–Kier alpha value is -2.49. The Balaban J connectivity index is 1.71. The molecule has 2 aromatic carbocycles. The van der Waals surface area contributed by atoms with Crippen LogP contribution in [0.3, 0.4) is 0 Å². The standard InChI is InChI=1S/C22H27N3O/c1-15(2)8-10-25-20-6-5-18(23-3)14-19(20)24-22(25)13-16-4-7-21-17(12-16)9-11-26-21/h4-7,12,14-15,23H,8-11,13H2,1-3H3. The van der Waals surface area contributed by atoms with Gasteiger partial charge in [-0.15, -0.1) is 0 Å². The van der Waals surface area contributed by atoms with Gasteiger partial charge >= 0.3 is 0 Å². The summed E-state index contributed by atoms with van der Waals surface area (Å²) in [6.07, 6.45) is 3.03. The van der Waals surface area contributed by atoms with Gasteiger partial charge in [-0.3, -0.25) is 0 Å². The molecule has 4 nitrogen and oxygen atoms in total. The molecule has 1 N–H and O–H groups in total. The first-order chi connectivity index (χ1) is 12.6. The number of fused-ring (bicyclic) bond motifs is 2. The Kier molecular flexibility index (Phi) is 4.58. The first-order valence-electron chi connectivity index (χ1n) is 9.55. The number of aryl methyl sites for hydroxylation is 1. The number of hydrogen-bond donors (Lipinski definition) is 1. The number of imidazole rings is 1. The maximum atomic E-state index is 5.64. The van der Waals surface area contributed by atoms with Gasteiger partial charge < -0.3 is 14.6 Å². The average molecular weight is 349 g/mol. The summed E-state index contributed by atoms with van der Waals surface area (Å²) in [4.78, 5) is 4.98. The van der Waals surface area contributed by atoms with E-state index < -0.39 is 0 Å². The zero-order valence-electron chi connectivity index (χ0n) is 15.9. The molecule has 0 atom stereocenters. The van der Waals surface area contributed by atoms with E-state index in [1.54, 1.807) is 0 Å². The molecule has 136 valence electrons. The van der Waals surface area contributed by atoms with E-state index in [1.807, 2.05) is 7.05 Å². The number of ether oxygens (including phenoxy) is 1. The molecule has 0 bridgehead atoms. The van der Waals surface area contributed by atoms with Gasteiger partial charge in [0, 0.05) is 32.1 Å². The molecule has 3 aromatic rings. The van der Waals surface area contributed by atoms with E-state index in [0.29, 0.717) is 5.92 Å². The number of aromatic nitrogens is 2. The minimum Gasteiger partial charge on any atom is -0.493 e. The fourth-order valence-corrected chi connectivity index (χ4v) is 3.64. The third-order valence-electron chi connectivity index (χ3n) is 5.16. The smallest absolute Gasteiger partial charge is 0.122 e. The summed E-state index contributed by atoms with van der Waals surface area (Å²) in [5, 5.41) is 3.21. The fourth-order valence-electron chi connectivity index (χ4n) is 3.64. The van der Waals surface area contributed by atoms with E-state index in [2.05, 4.69) is 60.1 Å². The molecule has 0 aliphatic carbocycles. The van der Waals surface area contributed by atoms with E-state index in [1.165, 1.54) is 16.6 Å². The number of benzene rings is 2. The molecule has 4 rings (SSSR count). The number of nitrogens with zero attached hydrogens (tertiary/aromatic N) is 2. The first-order valence-corrected chi connectivity index (χ1v) is 9.55. The van der Waals surface area contributed by atoms with Gasteiger partial charge in [-0.25, -0.2) is 4.98 Å². The van der Waals surface area contributed by atoms with E-state index in [-0.39, 0.29) is 0 Å². The Bertz CT molecular complexity index is 927. The number of nitrogens with one attached hydrogen (secondary N) is 1. The van der Waals surface area contributed by atoms with Crippen LogP contribution in [0.15, 0.2) is 36.4 Å². The van der Waals surface area contributed by atoms with Gasteiger partial charge in [0.25, 0.3) is 0 Å². The second-order valence-corrected chi connectivity index (χ2v) is 7.53. The monoisotopic (exact) mass is 349 g/mol. The Morgan fingerprint density at radius 2 is 2.08 bits per heavy atom. The number of anilines is 1. The predicted molar refractivity (Wildman–Crippen MR) is 107 cm³/mol. The van der Waals surface area contributed by atoms with Gasteiger partial charge in [0.05, 0.1) is 17.6 Å². The molecule has 0 amide bonds. The van der Waals surface area contributed by atoms with E-state index in [4.69, 9.17) is 9.72 Å². The third-order valence-corrected chi connectivity index (χ3v) is 5.16. The van der Waals surface area contributed by atoms with Crippen molar-refractivity contribution in [2.45, 2.75) is 39.7 Å². The lowest BCUT2D eigenvalue weighted by molar-refractivity contribution is 0.357.